The number of unbranched alkanes of at least 4 members (excludes halogenated alkanes) is 21. The van der Waals surface area contributed by atoms with Gasteiger partial charge in [0, 0.05) is 19.3 Å². The van der Waals surface area contributed by atoms with E-state index in [1.165, 1.54) is 38.5 Å². The van der Waals surface area contributed by atoms with Crippen LogP contribution in [-0.2, 0) is 65.4 Å². The SMILES string of the molecule is CC/C=C\C/C=C\C/C=C\C/C=C\C/C=C\CCCCCC(=O)OCC(COP(=O)(O)OCC(O)COP(=O)(O)OCC(COC(=O)CCCCCCCCC/C=C\C/C=C\C/C=C\CC)OC(=O)CCCCCCC/C=C\CCCCCCCC)OC(=O)C/C=C\C/C=C\C/C=C\C/C=C\C/C=C\CC. The van der Waals surface area contributed by atoms with E-state index in [1.807, 2.05) is 12.2 Å². The molecule has 3 N–H and O–H groups in total. The average molecular weight is 1520 g/mol. The number of allylic oxidation sites excluding steroid dienone is 27. The second-order valence-electron chi connectivity index (χ2n) is 26.2. The molecule has 0 aliphatic heterocycles. The molecule has 0 rings (SSSR count). The highest BCUT2D eigenvalue weighted by molar-refractivity contribution is 7.47. The minimum Gasteiger partial charge on any atom is -0.462 e. The maximum absolute atomic E-state index is 13.1. The lowest BCUT2D eigenvalue weighted by molar-refractivity contribution is -0.161. The van der Waals surface area contributed by atoms with Crippen molar-refractivity contribution in [1.29, 1.82) is 0 Å². The van der Waals surface area contributed by atoms with Crippen molar-refractivity contribution in [2.45, 2.75) is 316 Å². The van der Waals surface area contributed by atoms with Crippen LogP contribution in [0, 0.1) is 0 Å². The first-order valence-corrected chi connectivity index (χ1v) is 43.4. The van der Waals surface area contributed by atoms with Crippen LogP contribution in [0.2, 0.25) is 0 Å². The first kappa shape index (κ1) is 100. The fourth-order valence-corrected chi connectivity index (χ4v) is 11.7. The van der Waals surface area contributed by atoms with Gasteiger partial charge in [0.25, 0.3) is 0 Å². The van der Waals surface area contributed by atoms with Crippen LogP contribution >= 0.6 is 15.6 Å². The number of esters is 4. The first-order valence-electron chi connectivity index (χ1n) is 40.4. The summed E-state index contributed by atoms with van der Waals surface area (Å²) < 4.78 is 68.5. The third kappa shape index (κ3) is 76.6. The minimum atomic E-state index is -5.02. The number of hydrogen-bond acceptors (Lipinski definition) is 15. The number of aliphatic hydroxyl groups is 1. The maximum Gasteiger partial charge on any atom is 0.472 e. The van der Waals surface area contributed by atoms with Gasteiger partial charge in [-0.1, -0.05) is 288 Å². The number of aliphatic hydroxyl groups excluding tert-OH is 1. The number of phosphoric acid groups is 2. The van der Waals surface area contributed by atoms with Crippen LogP contribution in [0.15, 0.2) is 170 Å². The molecule has 0 heterocycles. The molecule has 0 amide bonds. The third-order valence-corrected chi connectivity index (χ3v) is 18.1. The molecule has 5 atom stereocenters. The molecule has 0 aromatic carbocycles. The largest absolute Gasteiger partial charge is 0.472 e. The van der Waals surface area contributed by atoms with E-state index in [0.717, 1.165) is 180 Å². The number of rotatable bonds is 74. The summed E-state index contributed by atoms with van der Waals surface area (Å²) >= 11 is 0. The quantitative estimate of drug-likeness (QED) is 0.0169. The van der Waals surface area contributed by atoms with Gasteiger partial charge in [-0.3, -0.25) is 37.3 Å². The van der Waals surface area contributed by atoms with E-state index in [1.54, 1.807) is 12.2 Å². The molecule has 0 aliphatic rings. The predicted octanol–water partition coefficient (Wildman–Crippen LogP) is 23.8. The van der Waals surface area contributed by atoms with Gasteiger partial charge in [-0.05, 0) is 154 Å². The predicted molar refractivity (Wildman–Crippen MR) is 436 cm³/mol. The van der Waals surface area contributed by atoms with E-state index in [9.17, 15) is 43.2 Å². The lowest BCUT2D eigenvalue weighted by Gasteiger charge is -2.21. The van der Waals surface area contributed by atoms with Crippen molar-refractivity contribution >= 4 is 39.5 Å². The summed E-state index contributed by atoms with van der Waals surface area (Å²) in [6, 6.07) is 0. The van der Waals surface area contributed by atoms with Gasteiger partial charge in [0.1, 0.15) is 19.3 Å². The Kier molecular flexibility index (Phi) is 73.5. The normalized spacial score (nSPS) is 14.7. The molecule has 19 heteroatoms. The molecule has 0 saturated carbocycles. The topological polar surface area (TPSA) is 237 Å². The van der Waals surface area contributed by atoms with Crippen molar-refractivity contribution in [3.63, 3.8) is 0 Å². The molecule has 0 radical (unpaired) electrons. The Bertz CT molecular complexity index is 2680. The molecule has 602 valence electrons. The van der Waals surface area contributed by atoms with Gasteiger partial charge in [0.2, 0.25) is 0 Å². The zero-order chi connectivity index (χ0) is 77.4. The van der Waals surface area contributed by atoms with Crippen molar-refractivity contribution < 1.29 is 80.2 Å². The molecular formula is C87H142O17P2. The first-order chi connectivity index (χ1) is 51.7. The Morgan fingerprint density at radius 2 is 0.528 bits per heavy atom. The molecule has 0 spiro atoms. The van der Waals surface area contributed by atoms with E-state index in [-0.39, 0.29) is 25.7 Å². The molecule has 106 heavy (non-hydrogen) atoms. The average Bonchev–Trinajstić information content (AvgIpc) is 0.909. The number of ether oxygens (including phenoxy) is 4. The van der Waals surface area contributed by atoms with Crippen LogP contribution in [0.4, 0.5) is 0 Å². The second-order valence-corrected chi connectivity index (χ2v) is 29.1. The van der Waals surface area contributed by atoms with Crippen LogP contribution in [0.1, 0.15) is 297 Å². The summed E-state index contributed by atoms with van der Waals surface area (Å²) in [6.07, 6.45) is 92.2. The Labute approximate surface area is 642 Å². The van der Waals surface area contributed by atoms with Crippen LogP contribution in [0.25, 0.3) is 0 Å². The number of carbonyl (C=O) groups excluding carboxylic acids is 4. The van der Waals surface area contributed by atoms with Gasteiger partial charge in [0.15, 0.2) is 12.2 Å². The highest BCUT2D eigenvalue weighted by Crippen LogP contribution is 2.45. The molecular weight excluding hydrogens is 1380 g/mol. The van der Waals surface area contributed by atoms with Gasteiger partial charge in [-0.2, -0.15) is 0 Å². The van der Waals surface area contributed by atoms with Crippen LogP contribution < -0.4 is 0 Å². The maximum atomic E-state index is 13.1. The van der Waals surface area contributed by atoms with E-state index >= 15 is 0 Å². The second kappa shape index (κ2) is 77.6. The van der Waals surface area contributed by atoms with Gasteiger partial charge in [-0.25, -0.2) is 9.13 Å². The molecule has 17 nitrogen and oxygen atoms in total. The third-order valence-electron chi connectivity index (χ3n) is 16.2. The monoisotopic (exact) mass is 1520 g/mol. The number of hydrogen-bond donors (Lipinski definition) is 3. The van der Waals surface area contributed by atoms with Crippen molar-refractivity contribution in [3.8, 4) is 0 Å². The summed E-state index contributed by atoms with van der Waals surface area (Å²) in [5.74, 6) is -2.39. The highest BCUT2D eigenvalue weighted by atomic mass is 31.2. The fraction of sp³-hybridized carbons (Fsp3) is 0.632. The molecule has 0 bridgehead atoms. The van der Waals surface area contributed by atoms with Crippen molar-refractivity contribution in [1.82, 2.24) is 0 Å². The summed E-state index contributed by atoms with van der Waals surface area (Å²) in [5.41, 5.74) is 0. The van der Waals surface area contributed by atoms with Crippen molar-refractivity contribution in [2.75, 3.05) is 39.6 Å². The number of carbonyl (C=O) groups is 4. The summed E-state index contributed by atoms with van der Waals surface area (Å²) in [4.78, 5) is 73.0. The van der Waals surface area contributed by atoms with E-state index in [4.69, 9.17) is 37.0 Å². The molecule has 0 aromatic heterocycles. The van der Waals surface area contributed by atoms with E-state index in [2.05, 4.69) is 174 Å². The smallest absolute Gasteiger partial charge is 0.462 e. The fourth-order valence-electron chi connectivity index (χ4n) is 10.2. The molecule has 0 fully saturated rings. The zero-order valence-electron chi connectivity index (χ0n) is 65.8. The van der Waals surface area contributed by atoms with Crippen LogP contribution in [0.5, 0.6) is 0 Å². The summed E-state index contributed by atoms with van der Waals surface area (Å²) in [5, 5.41) is 10.6. The van der Waals surface area contributed by atoms with Crippen molar-refractivity contribution in [3.05, 3.63) is 170 Å². The van der Waals surface area contributed by atoms with Crippen LogP contribution in [0.3, 0.4) is 0 Å². The Morgan fingerprint density at radius 1 is 0.283 bits per heavy atom. The summed E-state index contributed by atoms with van der Waals surface area (Å²) in [7, 11) is -10.0. The molecule has 5 unspecified atom stereocenters. The summed E-state index contributed by atoms with van der Waals surface area (Å²) in [6.45, 7) is 4.35. The Morgan fingerprint density at radius 3 is 0.858 bits per heavy atom. The zero-order valence-corrected chi connectivity index (χ0v) is 67.6. The standard InChI is InChI=1S/C87H142O17P2/c1-5-9-13-17-21-25-29-33-37-39-40-42-46-48-52-56-60-64-68-72-85(90)98-78-83(104-87(92)74-70-66-62-58-54-50-44-36-32-28-24-20-16-12-8-4)80-102-106(95,96)100-76-81(88)75-99-105(93,94)101-79-82(103-86(91)73-69-65-61-57-53-49-43-35-31-27-23-19-15-11-7-3)77-97-84(89)71-67-63-59-55-51-47-45-41-38-34-30-26-22-18-14-10-6-2/h9-10,12-14,16,21-22,24-26,28,33-38,40,42-44,48,52,54,58,66,70,81-83,88H,5-8,11,15,17-20,23,27,29-32,39,41,45-47,49-51,53,55-57,59-65,67-69,71-80H2,1-4H3,(H,93,94)(H,95,96)/b13-9-,14-10-,16-12-,25-21-,26-22-,28-24-,37-33-,38-34-,42-40-,43-35-,44-36-,52-48-,58-54-,70-66-. The lowest BCUT2D eigenvalue weighted by Crippen LogP contribution is -2.30. The van der Waals surface area contributed by atoms with E-state index < -0.39 is 97.5 Å². The van der Waals surface area contributed by atoms with Crippen molar-refractivity contribution in [2.24, 2.45) is 0 Å². The van der Waals surface area contributed by atoms with E-state index in [0.29, 0.717) is 25.7 Å². The van der Waals surface area contributed by atoms with Gasteiger partial charge in [0.05, 0.1) is 32.8 Å². The highest BCUT2D eigenvalue weighted by Gasteiger charge is 2.30. The lowest BCUT2D eigenvalue weighted by atomic mass is 10.1. The van der Waals surface area contributed by atoms with Crippen LogP contribution in [-0.4, -0.2) is 96.7 Å². The molecule has 0 saturated heterocycles. The Hall–Kier alpha value is -5.58. The molecule has 0 aromatic rings. The number of phosphoric ester groups is 2. The minimum absolute atomic E-state index is 0.0750. The van der Waals surface area contributed by atoms with Gasteiger partial charge in [-0.15, -0.1) is 0 Å². The van der Waals surface area contributed by atoms with Gasteiger partial charge < -0.3 is 33.8 Å². The Balaban J connectivity index is 5.48. The molecule has 0 aliphatic carbocycles. The van der Waals surface area contributed by atoms with Gasteiger partial charge >= 0.3 is 39.5 Å².